The first kappa shape index (κ1) is 46.2. The Bertz CT molecular complexity index is 1300. The molecule has 0 amide bonds. The number of hydrogen-bond acceptors (Lipinski definition) is 2. The van der Waals surface area contributed by atoms with Crippen LogP contribution in [0, 0.1) is 10.8 Å². The molecule has 0 aliphatic heterocycles. The van der Waals surface area contributed by atoms with Crippen LogP contribution in [-0.2, 0) is 23.9 Å². The van der Waals surface area contributed by atoms with Crippen molar-refractivity contribution in [3.8, 4) is 11.5 Å². The van der Waals surface area contributed by atoms with Gasteiger partial charge in [-0.25, -0.2) is 0 Å². The Kier molecular flexibility index (Phi) is 16.9. The third kappa shape index (κ3) is 16.2. The summed E-state index contributed by atoms with van der Waals surface area (Å²) in [6.45, 7) is 28.5. The third-order valence-corrected chi connectivity index (χ3v) is 9.39. The van der Waals surface area contributed by atoms with E-state index in [1.807, 2.05) is 0 Å². The molecule has 0 spiro atoms. The fraction of sp³-hybridized carbons (Fsp3) is 0.591. The minimum atomic E-state index is 0. The average Bonchev–Trinajstić information content (AvgIpc) is 2.92. The monoisotopic (exact) mass is 816 g/mol. The summed E-state index contributed by atoms with van der Waals surface area (Å²) in [5.74, 6) is 1.91. The SMILES string of the molecule is CC(C)(C)CC(C)(C)c1ccc(OCC[N+](C)(C)Cc2ccc(C[N+](C)(C)CCOc3ccc(C(C)(C)CC(C)(C)C)cc3)cc2)cc1.[Br-].[Br-]. The summed E-state index contributed by atoms with van der Waals surface area (Å²) < 4.78 is 14.1. The van der Waals surface area contributed by atoms with E-state index in [-0.39, 0.29) is 44.8 Å². The fourth-order valence-corrected chi connectivity index (χ4v) is 7.58. The summed E-state index contributed by atoms with van der Waals surface area (Å²) in [7, 11) is 9.15. The van der Waals surface area contributed by atoms with Crippen LogP contribution in [0.3, 0.4) is 0 Å². The van der Waals surface area contributed by atoms with Gasteiger partial charge in [-0.05, 0) is 69.9 Å². The second kappa shape index (κ2) is 18.3. The molecule has 0 radical (unpaired) electrons. The number of likely N-dealkylation sites (N-methyl/N-ethyl adjacent to an activating group) is 2. The molecule has 282 valence electrons. The highest BCUT2D eigenvalue weighted by molar-refractivity contribution is 5.33. The molecule has 6 heteroatoms. The Balaban J connectivity index is 0.00000625. The second-order valence-electron chi connectivity index (χ2n) is 19.4. The van der Waals surface area contributed by atoms with Gasteiger partial charge in [0, 0.05) is 11.1 Å². The average molecular weight is 819 g/mol. The van der Waals surface area contributed by atoms with Gasteiger partial charge >= 0.3 is 0 Å². The normalized spacial score (nSPS) is 12.9. The van der Waals surface area contributed by atoms with Crippen LogP contribution in [0.4, 0.5) is 0 Å². The minimum Gasteiger partial charge on any atom is -1.00 e. The lowest BCUT2D eigenvalue weighted by atomic mass is 9.72. The quantitative estimate of drug-likeness (QED) is 0.200. The molecule has 0 saturated heterocycles. The molecule has 0 heterocycles. The van der Waals surface area contributed by atoms with Gasteiger partial charge in [-0.3, -0.25) is 0 Å². The van der Waals surface area contributed by atoms with Crippen molar-refractivity contribution in [3.05, 3.63) is 95.1 Å². The molecular weight excluding hydrogens is 748 g/mol. The largest absolute Gasteiger partial charge is 1.00 e. The Morgan fingerprint density at radius 1 is 0.440 bits per heavy atom. The Hall–Kier alpha value is -1.86. The maximum atomic E-state index is 6.19. The molecule has 0 saturated carbocycles. The van der Waals surface area contributed by atoms with Crippen LogP contribution in [0.15, 0.2) is 72.8 Å². The molecule has 0 aliphatic carbocycles. The zero-order valence-corrected chi connectivity index (χ0v) is 37.2. The molecular formula is C44H70Br2N2O2. The number of benzene rings is 3. The number of hydrogen-bond donors (Lipinski definition) is 0. The molecule has 50 heavy (non-hydrogen) atoms. The van der Waals surface area contributed by atoms with Crippen LogP contribution in [0.1, 0.15) is 104 Å². The Labute approximate surface area is 328 Å². The molecule has 0 unspecified atom stereocenters. The highest BCUT2D eigenvalue weighted by atomic mass is 79.9. The topological polar surface area (TPSA) is 18.5 Å². The van der Waals surface area contributed by atoms with Crippen LogP contribution in [0.5, 0.6) is 11.5 Å². The van der Waals surface area contributed by atoms with E-state index in [1.54, 1.807) is 0 Å². The molecule has 3 aromatic rings. The molecule has 0 aliphatic rings. The lowest BCUT2D eigenvalue weighted by molar-refractivity contribution is -0.903. The Morgan fingerprint density at radius 2 is 0.720 bits per heavy atom. The second-order valence-corrected chi connectivity index (χ2v) is 19.4. The zero-order valence-electron chi connectivity index (χ0n) is 34.1. The van der Waals surface area contributed by atoms with Crippen LogP contribution < -0.4 is 43.4 Å². The van der Waals surface area contributed by atoms with E-state index in [0.717, 1.165) is 59.5 Å². The third-order valence-electron chi connectivity index (χ3n) is 9.39. The fourth-order valence-electron chi connectivity index (χ4n) is 7.58. The van der Waals surface area contributed by atoms with Gasteiger partial charge in [0.25, 0.3) is 0 Å². The first-order chi connectivity index (χ1) is 21.9. The lowest BCUT2D eigenvalue weighted by Crippen LogP contribution is -3.00. The van der Waals surface area contributed by atoms with E-state index >= 15 is 0 Å². The number of nitrogens with zero attached hydrogens (tertiary/aromatic N) is 2. The van der Waals surface area contributed by atoms with Crippen molar-refractivity contribution in [2.45, 2.75) is 106 Å². The van der Waals surface area contributed by atoms with Gasteiger partial charge in [0.1, 0.15) is 50.9 Å². The Morgan fingerprint density at radius 3 is 0.980 bits per heavy atom. The first-order valence-corrected chi connectivity index (χ1v) is 18.1. The molecule has 3 rings (SSSR count). The van der Waals surface area contributed by atoms with Gasteiger partial charge in [-0.1, -0.05) is 118 Å². The van der Waals surface area contributed by atoms with E-state index in [0.29, 0.717) is 24.0 Å². The van der Waals surface area contributed by atoms with Crippen molar-refractivity contribution < 1.29 is 52.4 Å². The standard InChI is InChI=1S/C44H70N2O2.2BrH/c1-41(2,3)33-43(7,8)37-19-23-39(24-20-37)47-29-27-45(11,12)31-35-15-17-36(18-16-35)32-46(13,14)28-30-48-40-25-21-38(22-26-40)44(9,10)34-42(4,5)6;;/h15-26H,27-34H2,1-14H3;2*1H/q+2;;/p-2. The van der Waals surface area contributed by atoms with Crippen molar-refractivity contribution in [1.29, 1.82) is 0 Å². The van der Waals surface area contributed by atoms with Crippen LogP contribution in [-0.4, -0.2) is 63.5 Å². The summed E-state index contributed by atoms with van der Waals surface area (Å²) in [5.41, 5.74) is 6.34. The smallest absolute Gasteiger partial charge is 0.137 e. The summed E-state index contributed by atoms with van der Waals surface area (Å²) in [4.78, 5) is 0. The van der Waals surface area contributed by atoms with Crippen LogP contribution in [0.25, 0.3) is 0 Å². The van der Waals surface area contributed by atoms with Crippen molar-refractivity contribution in [2.75, 3.05) is 54.5 Å². The van der Waals surface area contributed by atoms with E-state index < -0.39 is 0 Å². The van der Waals surface area contributed by atoms with E-state index in [2.05, 4.69) is 170 Å². The highest BCUT2D eigenvalue weighted by Crippen LogP contribution is 2.38. The molecule has 0 N–H and O–H groups in total. The van der Waals surface area contributed by atoms with Gasteiger partial charge < -0.3 is 52.4 Å². The molecule has 0 atom stereocenters. The van der Waals surface area contributed by atoms with Crippen molar-refractivity contribution >= 4 is 0 Å². The van der Waals surface area contributed by atoms with Crippen LogP contribution >= 0.6 is 0 Å². The van der Waals surface area contributed by atoms with E-state index in [4.69, 9.17) is 9.47 Å². The van der Waals surface area contributed by atoms with Crippen LogP contribution in [0.2, 0.25) is 0 Å². The van der Waals surface area contributed by atoms with Gasteiger partial charge in [-0.15, -0.1) is 0 Å². The highest BCUT2D eigenvalue weighted by Gasteiger charge is 2.28. The predicted octanol–water partition coefficient (Wildman–Crippen LogP) is 4.43. The molecule has 0 aromatic heterocycles. The summed E-state index contributed by atoms with van der Waals surface area (Å²) in [6, 6.07) is 26.7. The van der Waals surface area contributed by atoms with Crippen molar-refractivity contribution in [3.63, 3.8) is 0 Å². The number of rotatable bonds is 16. The zero-order chi connectivity index (χ0) is 36.0. The molecule has 0 fully saturated rings. The van der Waals surface area contributed by atoms with E-state index in [1.165, 1.54) is 22.3 Å². The maximum Gasteiger partial charge on any atom is 0.137 e. The summed E-state index contributed by atoms with van der Waals surface area (Å²) >= 11 is 0. The number of ether oxygens (including phenoxy) is 2. The van der Waals surface area contributed by atoms with Gasteiger partial charge in [-0.2, -0.15) is 0 Å². The minimum absolute atomic E-state index is 0. The summed E-state index contributed by atoms with van der Waals surface area (Å²) in [5, 5.41) is 0. The predicted molar refractivity (Wildman–Crippen MR) is 206 cm³/mol. The molecule has 4 nitrogen and oxygen atoms in total. The molecule has 0 bridgehead atoms. The molecule has 3 aromatic carbocycles. The van der Waals surface area contributed by atoms with E-state index in [9.17, 15) is 0 Å². The summed E-state index contributed by atoms with van der Waals surface area (Å²) in [6.07, 6.45) is 2.29. The lowest BCUT2D eigenvalue weighted by Gasteiger charge is -2.33. The number of quaternary nitrogens is 2. The van der Waals surface area contributed by atoms with Gasteiger partial charge in [0.15, 0.2) is 0 Å². The van der Waals surface area contributed by atoms with Crippen molar-refractivity contribution in [2.24, 2.45) is 10.8 Å². The number of halogens is 2. The van der Waals surface area contributed by atoms with Gasteiger partial charge in [0.2, 0.25) is 0 Å². The maximum absolute atomic E-state index is 6.19. The first-order valence-electron chi connectivity index (χ1n) is 18.1. The van der Waals surface area contributed by atoms with Crippen molar-refractivity contribution in [1.82, 2.24) is 0 Å². The van der Waals surface area contributed by atoms with Gasteiger partial charge in [0.05, 0.1) is 28.2 Å².